The first kappa shape index (κ1) is 14.1. The summed E-state index contributed by atoms with van der Waals surface area (Å²) in [6, 6.07) is 8.12. The Hall–Kier alpha value is 0.650. The van der Waals surface area contributed by atoms with Crippen molar-refractivity contribution in [3.05, 3.63) is 53.6 Å². The van der Waals surface area contributed by atoms with E-state index in [9.17, 15) is 0 Å². The maximum atomic E-state index is 6.15. The van der Waals surface area contributed by atoms with Crippen molar-refractivity contribution in [3.8, 4) is 0 Å². The number of thiophene rings is 1. The fraction of sp³-hybridized carbons (Fsp3) is 0.167. The molecule has 17 heavy (non-hydrogen) atoms. The first-order valence-electron chi connectivity index (χ1n) is 4.84. The minimum Gasteiger partial charge on any atom is -0.131 e. The molecular weight excluding hydrogens is 451 g/mol. The maximum absolute atomic E-state index is 6.15. The summed E-state index contributed by atoms with van der Waals surface area (Å²) < 4.78 is 2.19. The molecule has 0 aliphatic carbocycles. The Morgan fingerprint density at radius 1 is 1.29 bits per heavy atom. The van der Waals surface area contributed by atoms with E-state index in [-0.39, 0.29) is 4.83 Å². The molecule has 0 aliphatic rings. The molecule has 0 spiro atoms. The molecule has 0 saturated carbocycles. The molecular formula is C12H8Br3ClS. The number of rotatable bonds is 2. The number of hydrogen-bond acceptors (Lipinski definition) is 1. The van der Waals surface area contributed by atoms with Crippen molar-refractivity contribution in [2.45, 2.75) is 11.8 Å². The van der Waals surface area contributed by atoms with E-state index in [0.29, 0.717) is 0 Å². The number of alkyl halides is 1. The van der Waals surface area contributed by atoms with Crippen LogP contribution in [0.2, 0.25) is 5.02 Å². The van der Waals surface area contributed by atoms with E-state index < -0.39 is 0 Å². The first-order chi connectivity index (χ1) is 8.00. The summed E-state index contributed by atoms with van der Waals surface area (Å²) in [5.74, 6) is 0. The molecule has 0 N–H and O–H groups in total. The maximum Gasteiger partial charge on any atom is 0.0843 e. The Morgan fingerprint density at radius 2 is 2.00 bits per heavy atom. The Labute approximate surface area is 135 Å². The van der Waals surface area contributed by atoms with E-state index in [0.717, 1.165) is 18.8 Å². The van der Waals surface area contributed by atoms with E-state index in [1.54, 1.807) is 11.3 Å². The Balaban J connectivity index is 2.43. The van der Waals surface area contributed by atoms with Gasteiger partial charge in [-0.2, -0.15) is 0 Å². The van der Waals surface area contributed by atoms with Crippen molar-refractivity contribution in [2.75, 3.05) is 0 Å². The molecule has 5 heteroatoms. The SMILES string of the molecule is Cc1c(Cl)cccc1C(Br)c1cc(Br)c(Br)s1. The average molecular weight is 459 g/mol. The second-order valence-corrected chi connectivity index (χ2v) is 8.17. The standard InChI is InChI=1S/C12H8Br3ClS/c1-6-7(3-2-4-9(6)16)11(14)10-5-8(13)12(15)17-10/h2-5,11H,1H3. The third-order valence-corrected chi connectivity index (χ3v) is 7.52. The predicted octanol–water partition coefficient (Wildman–Crippen LogP) is 6.72. The van der Waals surface area contributed by atoms with Crippen LogP contribution in [-0.4, -0.2) is 0 Å². The van der Waals surface area contributed by atoms with Crippen molar-refractivity contribution >= 4 is 70.7 Å². The molecule has 0 amide bonds. The first-order valence-corrected chi connectivity index (χ1v) is 8.54. The highest BCUT2D eigenvalue weighted by molar-refractivity contribution is 9.13. The summed E-state index contributed by atoms with van der Waals surface area (Å²) in [6.07, 6.45) is 0. The molecule has 0 radical (unpaired) electrons. The van der Waals surface area contributed by atoms with Gasteiger partial charge in [-0.1, -0.05) is 39.7 Å². The van der Waals surface area contributed by atoms with E-state index in [2.05, 4.69) is 59.9 Å². The van der Waals surface area contributed by atoms with Crippen molar-refractivity contribution in [3.63, 3.8) is 0 Å². The second kappa shape index (κ2) is 5.74. The van der Waals surface area contributed by atoms with Gasteiger partial charge in [0.05, 0.1) is 8.61 Å². The third kappa shape index (κ3) is 2.98. The normalized spacial score (nSPS) is 12.8. The van der Waals surface area contributed by atoms with E-state index in [1.165, 1.54) is 10.4 Å². The van der Waals surface area contributed by atoms with Crippen molar-refractivity contribution in [1.29, 1.82) is 0 Å². The number of hydrogen-bond donors (Lipinski definition) is 0. The smallest absolute Gasteiger partial charge is 0.0843 e. The van der Waals surface area contributed by atoms with Gasteiger partial charge in [0.15, 0.2) is 0 Å². The van der Waals surface area contributed by atoms with Crippen LogP contribution in [0.1, 0.15) is 20.8 Å². The quantitative estimate of drug-likeness (QED) is 0.438. The summed E-state index contributed by atoms with van der Waals surface area (Å²) >= 11 is 18.6. The lowest BCUT2D eigenvalue weighted by Gasteiger charge is -2.12. The van der Waals surface area contributed by atoms with Crippen LogP contribution < -0.4 is 0 Å². The molecule has 0 nitrogen and oxygen atoms in total. The molecule has 0 aliphatic heterocycles. The monoisotopic (exact) mass is 456 g/mol. The molecule has 1 unspecified atom stereocenters. The van der Waals surface area contributed by atoms with Gasteiger partial charge in [-0.05, 0) is 62.0 Å². The summed E-state index contributed by atoms with van der Waals surface area (Å²) in [7, 11) is 0. The lowest BCUT2D eigenvalue weighted by atomic mass is 10.1. The lowest BCUT2D eigenvalue weighted by molar-refractivity contribution is 1.18. The molecule has 0 fully saturated rings. The van der Waals surface area contributed by atoms with Crippen LogP contribution in [0, 0.1) is 6.92 Å². The molecule has 1 aromatic heterocycles. The molecule has 2 aromatic rings. The van der Waals surface area contributed by atoms with Gasteiger partial charge in [-0.15, -0.1) is 11.3 Å². The van der Waals surface area contributed by atoms with Gasteiger partial charge in [0.25, 0.3) is 0 Å². The zero-order valence-corrected chi connectivity index (χ0v) is 15.1. The van der Waals surface area contributed by atoms with Crippen LogP contribution in [0.5, 0.6) is 0 Å². The molecule has 2 rings (SSSR count). The fourth-order valence-corrected chi connectivity index (χ4v) is 4.72. The van der Waals surface area contributed by atoms with Crippen LogP contribution in [0.4, 0.5) is 0 Å². The highest BCUT2D eigenvalue weighted by atomic mass is 79.9. The van der Waals surface area contributed by atoms with Gasteiger partial charge >= 0.3 is 0 Å². The van der Waals surface area contributed by atoms with E-state index in [1.807, 2.05) is 19.1 Å². The Bertz CT molecular complexity index is 531. The zero-order valence-electron chi connectivity index (χ0n) is 8.81. The molecule has 1 atom stereocenters. The van der Waals surface area contributed by atoms with Crippen molar-refractivity contribution in [2.24, 2.45) is 0 Å². The molecule has 1 heterocycles. The van der Waals surface area contributed by atoms with Crippen molar-refractivity contribution in [1.82, 2.24) is 0 Å². The average Bonchev–Trinajstić information content (AvgIpc) is 2.62. The third-order valence-electron chi connectivity index (χ3n) is 2.50. The Kier molecular flexibility index (Phi) is 4.75. The van der Waals surface area contributed by atoms with Gasteiger partial charge in [-0.3, -0.25) is 0 Å². The second-order valence-electron chi connectivity index (χ2n) is 3.59. The highest BCUT2D eigenvalue weighted by Gasteiger charge is 2.17. The summed E-state index contributed by atoms with van der Waals surface area (Å²) in [4.78, 5) is 1.42. The van der Waals surface area contributed by atoms with E-state index in [4.69, 9.17) is 11.6 Å². The van der Waals surface area contributed by atoms with Gasteiger partial charge in [0.1, 0.15) is 0 Å². The zero-order chi connectivity index (χ0) is 12.6. The van der Waals surface area contributed by atoms with Crippen molar-refractivity contribution < 1.29 is 0 Å². The van der Waals surface area contributed by atoms with Gasteiger partial charge in [0.2, 0.25) is 0 Å². The topological polar surface area (TPSA) is 0 Å². The van der Waals surface area contributed by atoms with Crippen LogP contribution in [0.15, 0.2) is 32.5 Å². The molecule has 0 bridgehead atoms. The predicted molar refractivity (Wildman–Crippen MR) is 86.7 cm³/mol. The molecule has 90 valence electrons. The van der Waals surface area contributed by atoms with Crippen LogP contribution in [0.25, 0.3) is 0 Å². The van der Waals surface area contributed by atoms with Gasteiger partial charge < -0.3 is 0 Å². The number of halogens is 4. The van der Waals surface area contributed by atoms with Crippen LogP contribution in [0.3, 0.4) is 0 Å². The fourth-order valence-electron chi connectivity index (χ4n) is 1.54. The largest absolute Gasteiger partial charge is 0.131 e. The summed E-state index contributed by atoms with van der Waals surface area (Å²) in [5.41, 5.74) is 2.33. The van der Waals surface area contributed by atoms with Crippen LogP contribution >= 0.6 is 70.7 Å². The summed E-state index contributed by atoms with van der Waals surface area (Å²) in [6.45, 7) is 2.05. The van der Waals surface area contributed by atoms with Gasteiger partial charge in [-0.25, -0.2) is 0 Å². The summed E-state index contributed by atoms with van der Waals surface area (Å²) in [5, 5.41) is 0.807. The van der Waals surface area contributed by atoms with E-state index >= 15 is 0 Å². The van der Waals surface area contributed by atoms with Gasteiger partial charge in [0, 0.05) is 14.4 Å². The van der Waals surface area contributed by atoms with Crippen LogP contribution in [-0.2, 0) is 0 Å². The molecule has 1 aromatic carbocycles. The highest BCUT2D eigenvalue weighted by Crippen LogP contribution is 2.42. The lowest BCUT2D eigenvalue weighted by Crippen LogP contribution is -1.93. The Morgan fingerprint density at radius 3 is 2.59 bits per heavy atom. The minimum atomic E-state index is 0.175. The minimum absolute atomic E-state index is 0.175. The molecule has 0 saturated heterocycles. The number of benzene rings is 1.